The molecule has 1 heterocycles. The topological polar surface area (TPSA) is 68.0 Å². The number of halogens is 1. The monoisotopic (exact) mass is 387 g/mol. The third kappa shape index (κ3) is 4.21. The van der Waals surface area contributed by atoms with E-state index < -0.39 is 11.7 Å². The maximum absolute atomic E-state index is 13.9. The van der Waals surface area contributed by atoms with Crippen LogP contribution < -0.4 is 5.32 Å². The number of hydrogen-bond acceptors (Lipinski definition) is 4. The molecule has 5 nitrogen and oxygen atoms in total. The molecule has 0 bridgehead atoms. The Hall–Kier alpha value is -3.80. The minimum absolute atomic E-state index is 0.0520. The molecular weight excluding hydrogens is 369 g/mol. The Morgan fingerprint density at radius 2 is 1.48 bits per heavy atom. The van der Waals surface area contributed by atoms with Gasteiger partial charge in [0.15, 0.2) is 0 Å². The molecule has 0 saturated heterocycles. The Bertz CT molecular complexity index is 1060. The molecule has 0 saturated carbocycles. The quantitative estimate of drug-likeness (QED) is 0.535. The summed E-state index contributed by atoms with van der Waals surface area (Å²) in [6, 6.07) is 25.3. The van der Waals surface area contributed by atoms with Crippen LogP contribution in [0.2, 0.25) is 0 Å². The minimum atomic E-state index is -0.466. The van der Waals surface area contributed by atoms with Gasteiger partial charge < -0.3 is 9.84 Å². The molecule has 29 heavy (non-hydrogen) atoms. The summed E-state index contributed by atoms with van der Waals surface area (Å²) < 4.78 is 19.1. The van der Waals surface area contributed by atoms with Crippen molar-refractivity contribution >= 4 is 5.91 Å². The van der Waals surface area contributed by atoms with Gasteiger partial charge >= 0.3 is 0 Å². The normalized spacial score (nSPS) is 10.8. The van der Waals surface area contributed by atoms with Crippen molar-refractivity contribution in [3.63, 3.8) is 0 Å². The lowest BCUT2D eigenvalue weighted by Crippen LogP contribution is -2.29. The van der Waals surface area contributed by atoms with Crippen molar-refractivity contribution in [1.82, 2.24) is 15.5 Å². The molecule has 4 aromatic rings. The lowest BCUT2D eigenvalue weighted by atomic mass is 9.90. The molecule has 1 amide bonds. The largest absolute Gasteiger partial charge is 0.346 e. The van der Waals surface area contributed by atoms with E-state index in [0.717, 1.165) is 11.1 Å². The maximum Gasteiger partial charge on any atom is 0.246 e. The molecule has 0 atom stereocenters. The van der Waals surface area contributed by atoms with E-state index in [-0.39, 0.29) is 29.7 Å². The molecule has 0 fully saturated rings. The Labute approximate surface area is 167 Å². The summed E-state index contributed by atoms with van der Waals surface area (Å²) in [6.07, 6.45) is 0. The Balaban J connectivity index is 1.51. The lowest BCUT2D eigenvalue weighted by molar-refractivity contribution is -0.122. The Morgan fingerprint density at radius 1 is 0.897 bits per heavy atom. The van der Waals surface area contributed by atoms with E-state index in [1.165, 1.54) is 6.07 Å². The Morgan fingerprint density at radius 3 is 2.10 bits per heavy atom. The summed E-state index contributed by atoms with van der Waals surface area (Å²) in [4.78, 5) is 17.2. The van der Waals surface area contributed by atoms with E-state index in [1.54, 1.807) is 18.2 Å². The van der Waals surface area contributed by atoms with Gasteiger partial charge in [-0.15, -0.1) is 0 Å². The molecule has 3 aromatic carbocycles. The first-order chi connectivity index (χ1) is 14.2. The van der Waals surface area contributed by atoms with E-state index >= 15 is 0 Å². The summed E-state index contributed by atoms with van der Waals surface area (Å²) in [5.74, 6) is -0.733. The van der Waals surface area contributed by atoms with E-state index in [9.17, 15) is 9.18 Å². The average molecular weight is 387 g/mol. The van der Waals surface area contributed by atoms with Crippen molar-refractivity contribution in [2.75, 3.05) is 0 Å². The van der Waals surface area contributed by atoms with Gasteiger partial charge in [-0.05, 0) is 23.3 Å². The lowest BCUT2D eigenvalue weighted by Gasteiger charge is -2.17. The van der Waals surface area contributed by atoms with Crippen molar-refractivity contribution in [2.45, 2.75) is 12.5 Å². The molecule has 1 N–H and O–H groups in total. The first kappa shape index (κ1) is 18.6. The summed E-state index contributed by atoms with van der Waals surface area (Å²) >= 11 is 0. The first-order valence-electron chi connectivity index (χ1n) is 9.17. The van der Waals surface area contributed by atoms with Gasteiger partial charge in [-0.1, -0.05) is 78.0 Å². The molecule has 0 unspecified atom stereocenters. The molecule has 144 valence electrons. The van der Waals surface area contributed by atoms with Crippen molar-refractivity contribution < 1.29 is 13.7 Å². The van der Waals surface area contributed by atoms with Crippen molar-refractivity contribution in [3.05, 3.63) is 108 Å². The second kappa shape index (κ2) is 8.48. The van der Waals surface area contributed by atoms with Gasteiger partial charge in [0.1, 0.15) is 5.82 Å². The highest BCUT2D eigenvalue weighted by atomic mass is 19.1. The van der Waals surface area contributed by atoms with Crippen LogP contribution in [0.15, 0.2) is 89.5 Å². The Kier molecular flexibility index (Phi) is 5.42. The number of benzene rings is 3. The molecule has 1 aromatic heterocycles. The van der Waals surface area contributed by atoms with Gasteiger partial charge in [-0.25, -0.2) is 4.39 Å². The van der Waals surface area contributed by atoms with Gasteiger partial charge in [0, 0.05) is 0 Å². The van der Waals surface area contributed by atoms with Crippen LogP contribution in [-0.2, 0) is 11.3 Å². The molecule has 0 radical (unpaired) electrons. The number of carbonyl (C=O) groups is 1. The van der Waals surface area contributed by atoms with Crippen LogP contribution >= 0.6 is 0 Å². The highest BCUT2D eigenvalue weighted by Gasteiger charge is 2.23. The molecule has 4 rings (SSSR count). The van der Waals surface area contributed by atoms with Crippen LogP contribution in [0.3, 0.4) is 0 Å². The average Bonchev–Trinajstić information content (AvgIpc) is 3.23. The highest BCUT2D eigenvalue weighted by Crippen LogP contribution is 2.25. The SMILES string of the molecule is O=C(NCc1nc(-c2ccccc2F)no1)C(c1ccccc1)c1ccccc1. The van der Waals surface area contributed by atoms with Crippen LogP contribution in [0, 0.1) is 5.82 Å². The van der Waals surface area contributed by atoms with Gasteiger partial charge in [-0.2, -0.15) is 4.98 Å². The smallest absolute Gasteiger partial charge is 0.246 e. The zero-order chi connectivity index (χ0) is 20.1. The standard InChI is InChI=1S/C23H18FN3O2/c24-19-14-8-7-13-18(19)22-26-20(29-27-22)15-25-23(28)21(16-9-3-1-4-10-16)17-11-5-2-6-12-17/h1-14,21H,15H2,(H,25,28). The summed E-state index contributed by atoms with van der Waals surface area (Å²) in [5, 5.41) is 6.66. The summed E-state index contributed by atoms with van der Waals surface area (Å²) in [7, 11) is 0. The number of amides is 1. The van der Waals surface area contributed by atoms with Gasteiger partial charge in [-0.3, -0.25) is 4.79 Å². The minimum Gasteiger partial charge on any atom is -0.346 e. The zero-order valence-corrected chi connectivity index (χ0v) is 15.5. The van der Waals surface area contributed by atoms with E-state index in [1.807, 2.05) is 60.7 Å². The molecule has 0 aliphatic rings. The van der Waals surface area contributed by atoms with Crippen molar-refractivity contribution in [1.29, 1.82) is 0 Å². The second-order valence-electron chi connectivity index (χ2n) is 6.46. The van der Waals surface area contributed by atoms with E-state index in [0.29, 0.717) is 0 Å². The van der Waals surface area contributed by atoms with Crippen LogP contribution in [0.25, 0.3) is 11.4 Å². The molecule has 0 aliphatic heterocycles. The zero-order valence-electron chi connectivity index (χ0n) is 15.5. The fourth-order valence-electron chi connectivity index (χ4n) is 3.13. The van der Waals surface area contributed by atoms with E-state index in [2.05, 4.69) is 15.5 Å². The molecular formula is C23H18FN3O2. The van der Waals surface area contributed by atoms with Gasteiger partial charge in [0.2, 0.25) is 17.6 Å². The number of hydrogen-bond donors (Lipinski definition) is 1. The molecule has 0 aliphatic carbocycles. The number of nitrogens with one attached hydrogen (secondary N) is 1. The first-order valence-corrected chi connectivity index (χ1v) is 9.17. The summed E-state index contributed by atoms with van der Waals surface area (Å²) in [5.41, 5.74) is 2.02. The van der Waals surface area contributed by atoms with Crippen LogP contribution in [0.4, 0.5) is 4.39 Å². The predicted molar refractivity (Wildman–Crippen MR) is 106 cm³/mol. The number of nitrogens with zero attached hydrogens (tertiary/aromatic N) is 2. The van der Waals surface area contributed by atoms with Crippen LogP contribution in [0.5, 0.6) is 0 Å². The van der Waals surface area contributed by atoms with Crippen LogP contribution in [-0.4, -0.2) is 16.0 Å². The second-order valence-corrected chi connectivity index (χ2v) is 6.46. The van der Waals surface area contributed by atoms with Crippen molar-refractivity contribution in [2.24, 2.45) is 0 Å². The maximum atomic E-state index is 13.9. The fourth-order valence-corrected chi connectivity index (χ4v) is 3.13. The third-order valence-electron chi connectivity index (χ3n) is 4.52. The van der Waals surface area contributed by atoms with Crippen molar-refractivity contribution in [3.8, 4) is 11.4 Å². The highest BCUT2D eigenvalue weighted by molar-refractivity contribution is 5.87. The van der Waals surface area contributed by atoms with Gasteiger partial charge in [0.05, 0.1) is 18.0 Å². The third-order valence-corrected chi connectivity index (χ3v) is 4.52. The molecule has 0 spiro atoms. The fraction of sp³-hybridized carbons (Fsp3) is 0.0870. The van der Waals surface area contributed by atoms with Gasteiger partial charge in [0.25, 0.3) is 0 Å². The molecule has 6 heteroatoms. The predicted octanol–water partition coefficient (Wildman–Crippen LogP) is 4.32. The summed E-state index contributed by atoms with van der Waals surface area (Å²) in [6.45, 7) is 0.0520. The number of rotatable bonds is 6. The number of carbonyl (C=O) groups excluding carboxylic acids is 1. The van der Waals surface area contributed by atoms with Crippen LogP contribution in [0.1, 0.15) is 22.9 Å². The van der Waals surface area contributed by atoms with E-state index in [4.69, 9.17) is 4.52 Å². The number of aromatic nitrogens is 2.